The summed E-state index contributed by atoms with van der Waals surface area (Å²) in [6.45, 7) is 8.48. The van der Waals surface area contributed by atoms with E-state index >= 15 is 0 Å². The number of aliphatic hydroxyl groups excluding tert-OH is 1. The van der Waals surface area contributed by atoms with E-state index in [1.807, 2.05) is 6.92 Å². The number of ether oxygens (including phenoxy) is 1. The zero-order valence-electron chi connectivity index (χ0n) is 20.0. The Morgan fingerprint density at radius 2 is 1.94 bits per heavy atom. The van der Waals surface area contributed by atoms with E-state index in [1.54, 1.807) is 0 Å². The van der Waals surface area contributed by atoms with Crippen molar-refractivity contribution in [3.63, 3.8) is 0 Å². The Kier molecular flexibility index (Phi) is 7.52. The third-order valence-electron chi connectivity index (χ3n) is 6.59. The van der Waals surface area contributed by atoms with Crippen LogP contribution >= 0.6 is 0 Å². The number of rotatable bonds is 9. The first-order chi connectivity index (χ1) is 15.5. The molecule has 2 unspecified atom stereocenters. The van der Waals surface area contributed by atoms with Crippen LogP contribution in [0, 0.1) is 0 Å². The van der Waals surface area contributed by atoms with Crippen molar-refractivity contribution in [2.45, 2.75) is 84.5 Å². The minimum absolute atomic E-state index is 0.0757. The number of phenols is 1. The monoisotopic (exact) mass is 457 g/mol. The summed E-state index contributed by atoms with van der Waals surface area (Å²) in [7, 11) is 0. The molecule has 33 heavy (non-hydrogen) atoms. The molecule has 0 saturated carbocycles. The van der Waals surface area contributed by atoms with Crippen LogP contribution in [0.4, 0.5) is 0 Å². The molecule has 1 aromatic rings. The molecule has 7 nitrogen and oxygen atoms in total. The molecule has 0 fully saturated rings. The third kappa shape index (κ3) is 5.58. The van der Waals surface area contributed by atoms with Crippen LogP contribution in [0.3, 0.4) is 0 Å². The average molecular weight is 458 g/mol. The number of carbonyl (C=O) groups excluding carboxylic acids is 1. The highest BCUT2D eigenvalue weighted by Gasteiger charge is 2.44. The number of nitrogens with zero attached hydrogens (tertiary/aromatic N) is 1. The van der Waals surface area contributed by atoms with Crippen molar-refractivity contribution in [2.75, 3.05) is 6.54 Å². The van der Waals surface area contributed by atoms with Gasteiger partial charge in [0.2, 0.25) is 0 Å². The first-order valence-electron chi connectivity index (χ1n) is 11.6. The van der Waals surface area contributed by atoms with Crippen LogP contribution in [-0.4, -0.2) is 50.3 Å². The molecule has 3 N–H and O–H groups in total. The number of fused-ring (bicyclic) bond motifs is 3. The predicted octanol–water partition coefficient (Wildman–Crippen LogP) is 4.35. The van der Waals surface area contributed by atoms with Crippen LogP contribution in [0.5, 0.6) is 11.5 Å². The number of carboxylic acid groups (broad SMARTS) is 1. The van der Waals surface area contributed by atoms with Gasteiger partial charge in [-0.05, 0) is 59.4 Å². The molecule has 0 saturated heterocycles. The summed E-state index contributed by atoms with van der Waals surface area (Å²) in [6, 6.07) is 1.41. The van der Waals surface area contributed by atoms with Crippen molar-refractivity contribution >= 4 is 11.9 Å². The Hall–Kier alpha value is -2.80. The summed E-state index contributed by atoms with van der Waals surface area (Å²) >= 11 is 0. The zero-order valence-corrected chi connectivity index (χ0v) is 20.0. The van der Waals surface area contributed by atoms with Gasteiger partial charge in [-0.25, -0.2) is 0 Å². The molecule has 0 aromatic heterocycles. The lowest BCUT2D eigenvalue weighted by Crippen LogP contribution is -2.49. The minimum Gasteiger partial charge on any atom is -0.508 e. The summed E-state index contributed by atoms with van der Waals surface area (Å²) in [5, 5.41) is 30.4. The number of aliphatic hydroxyl groups is 1. The quantitative estimate of drug-likeness (QED) is 0.476. The Morgan fingerprint density at radius 3 is 2.61 bits per heavy atom. The molecule has 1 aromatic carbocycles. The molecule has 0 aliphatic carbocycles. The number of aliphatic carboxylic acids is 1. The number of amides is 1. The van der Waals surface area contributed by atoms with E-state index < -0.39 is 17.7 Å². The van der Waals surface area contributed by atoms with Gasteiger partial charge in [0.05, 0.1) is 24.6 Å². The molecular formula is C26H35NO6. The summed E-state index contributed by atoms with van der Waals surface area (Å²) in [6.07, 6.45) is 7.02. The van der Waals surface area contributed by atoms with Gasteiger partial charge in [-0.2, -0.15) is 0 Å². The second-order valence-corrected chi connectivity index (χ2v) is 9.64. The van der Waals surface area contributed by atoms with Gasteiger partial charge in [0.25, 0.3) is 5.91 Å². The van der Waals surface area contributed by atoms with E-state index in [-0.39, 0.29) is 37.6 Å². The van der Waals surface area contributed by atoms with Crippen LogP contribution in [0.25, 0.3) is 0 Å². The highest BCUT2D eigenvalue weighted by Crippen LogP contribution is 2.46. The third-order valence-corrected chi connectivity index (χ3v) is 6.59. The van der Waals surface area contributed by atoms with Crippen molar-refractivity contribution in [3.8, 4) is 11.5 Å². The van der Waals surface area contributed by atoms with Crippen LogP contribution in [0.1, 0.15) is 81.3 Å². The number of carbonyl (C=O) groups is 2. The first-order valence-corrected chi connectivity index (χ1v) is 11.6. The van der Waals surface area contributed by atoms with Crippen molar-refractivity contribution in [3.05, 3.63) is 46.1 Å². The second-order valence-electron chi connectivity index (χ2n) is 9.64. The molecular weight excluding hydrogens is 422 g/mol. The number of benzene rings is 1. The van der Waals surface area contributed by atoms with Gasteiger partial charge in [0.15, 0.2) is 0 Å². The maximum Gasteiger partial charge on any atom is 0.305 e. The zero-order chi connectivity index (χ0) is 24.3. The second kappa shape index (κ2) is 10.00. The number of allylic oxidation sites excluding steroid dienone is 4. The van der Waals surface area contributed by atoms with Crippen LogP contribution in [0.15, 0.2) is 29.4 Å². The van der Waals surface area contributed by atoms with Crippen LogP contribution in [-0.2, 0) is 17.8 Å². The molecule has 7 heteroatoms. The van der Waals surface area contributed by atoms with Gasteiger partial charge in [-0.15, -0.1) is 0 Å². The molecule has 0 bridgehead atoms. The average Bonchev–Trinajstić information content (AvgIpc) is 3.03. The van der Waals surface area contributed by atoms with Crippen LogP contribution < -0.4 is 4.74 Å². The number of hydrogen-bond donors (Lipinski definition) is 3. The van der Waals surface area contributed by atoms with Crippen molar-refractivity contribution in [1.29, 1.82) is 0 Å². The maximum absolute atomic E-state index is 12.8. The fourth-order valence-electron chi connectivity index (χ4n) is 4.47. The lowest BCUT2D eigenvalue weighted by atomic mass is 9.84. The highest BCUT2D eigenvalue weighted by molar-refractivity contribution is 6.00. The summed E-state index contributed by atoms with van der Waals surface area (Å²) in [5.41, 5.74) is 3.24. The van der Waals surface area contributed by atoms with Gasteiger partial charge in [-0.3, -0.25) is 9.59 Å². The maximum atomic E-state index is 12.8. The Bertz CT molecular complexity index is 991. The van der Waals surface area contributed by atoms with Gasteiger partial charge >= 0.3 is 5.97 Å². The minimum atomic E-state index is -0.972. The Balaban J connectivity index is 1.76. The van der Waals surface area contributed by atoms with Crippen molar-refractivity contribution in [2.24, 2.45) is 0 Å². The van der Waals surface area contributed by atoms with Gasteiger partial charge < -0.3 is 25.0 Å². The van der Waals surface area contributed by atoms with Gasteiger partial charge in [0.1, 0.15) is 17.1 Å². The highest BCUT2D eigenvalue weighted by atomic mass is 16.5. The molecule has 0 radical (unpaired) electrons. The normalized spacial score (nSPS) is 22.0. The first kappa shape index (κ1) is 24.8. The fourth-order valence-corrected chi connectivity index (χ4v) is 4.47. The summed E-state index contributed by atoms with van der Waals surface area (Å²) in [5.74, 6) is -0.906. The van der Waals surface area contributed by atoms with Crippen LogP contribution in [0.2, 0.25) is 0 Å². The lowest BCUT2D eigenvalue weighted by Gasteiger charge is -2.40. The summed E-state index contributed by atoms with van der Waals surface area (Å²) in [4.78, 5) is 25.2. The van der Waals surface area contributed by atoms with E-state index in [9.17, 15) is 19.8 Å². The van der Waals surface area contributed by atoms with E-state index in [1.165, 1.54) is 22.1 Å². The van der Waals surface area contributed by atoms with Gasteiger partial charge in [-0.1, -0.05) is 23.3 Å². The number of carboxylic acids is 1. The van der Waals surface area contributed by atoms with Crippen molar-refractivity contribution < 1.29 is 29.6 Å². The van der Waals surface area contributed by atoms with E-state index in [0.29, 0.717) is 28.9 Å². The molecule has 180 valence electrons. The smallest absolute Gasteiger partial charge is 0.305 e. The Morgan fingerprint density at radius 1 is 1.21 bits per heavy atom. The number of hydrogen-bond acceptors (Lipinski definition) is 5. The van der Waals surface area contributed by atoms with E-state index in [2.05, 4.69) is 32.9 Å². The fraction of sp³-hybridized carbons (Fsp3) is 0.538. The molecule has 1 amide bonds. The lowest BCUT2D eigenvalue weighted by molar-refractivity contribution is -0.137. The van der Waals surface area contributed by atoms with E-state index in [0.717, 1.165) is 19.3 Å². The SMILES string of the molecule is CC(C)=CCC/C(C)=C/CCC1(C)Oc2c(c(O)cc3c2CN(CCC(=O)O)C3=O)CC1O. The largest absolute Gasteiger partial charge is 0.508 e. The van der Waals surface area contributed by atoms with Crippen molar-refractivity contribution in [1.82, 2.24) is 4.90 Å². The number of phenolic OH excluding ortho intramolecular Hbond substituents is 1. The number of aromatic hydroxyl groups is 1. The molecule has 0 spiro atoms. The summed E-state index contributed by atoms with van der Waals surface area (Å²) < 4.78 is 6.33. The standard InChI is InChI=1S/C26H35NO6/c1-16(2)7-5-8-17(3)9-6-11-26(4)22(29)14-19-21(28)13-18-20(24(19)33-26)15-27(25(18)32)12-10-23(30)31/h7,9,13,22,28-29H,5-6,8,10-12,14-15H2,1-4H3,(H,30,31)/b17-9+. The van der Waals surface area contributed by atoms with E-state index in [4.69, 9.17) is 9.84 Å². The Labute approximate surface area is 195 Å². The molecule has 2 aliphatic rings. The predicted molar refractivity (Wildman–Crippen MR) is 125 cm³/mol. The van der Waals surface area contributed by atoms with Gasteiger partial charge in [0, 0.05) is 24.1 Å². The molecule has 2 heterocycles. The topological polar surface area (TPSA) is 107 Å². The molecule has 2 aliphatic heterocycles. The molecule has 3 rings (SSSR count). The molecule has 2 atom stereocenters.